The van der Waals surface area contributed by atoms with Crippen molar-refractivity contribution >= 4 is 23.2 Å². The van der Waals surface area contributed by atoms with E-state index in [1.165, 1.54) is 25.3 Å². The van der Waals surface area contributed by atoms with Crippen LogP contribution in [0.1, 0.15) is 0 Å². The highest BCUT2D eigenvalue weighted by molar-refractivity contribution is 6.29. The quantitative estimate of drug-likeness (QED) is 0.787. The summed E-state index contributed by atoms with van der Waals surface area (Å²) in [6, 6.07) is 4.25. The number of para-hydroxylation sites is 1. The number of benzene rings is 1. The maximum Gasteiger partial charge on any atom is 0.239 e. The van der Waals surface area contributed by atoms with E-state index in [4.69, 9.17) is 16.3 Å². The third-order valence-electron chi connectivity index (χ3n) is 1.57. The SMILES string of the molecule is COc1c(F)cccc1NC(=O)CCl. The molecule has 1 aromatic rings. The van der Waals surface area contributed by atoms with Gasteiger partial charge in [-0.1, -0.05) is 6.07 Å². The molecule has 1 amide bonds. The molecule has 0 aliphatic rings. The van der Waals surface area contributed by atoms with E-state index in [2.05, 4.69) is 5.32 Å². The number of alkyl halides is 1. The first-order chi connectivity index (χ1) is 6.69. The number of methoxy groups -OCH3 is 1. The minimum Gasteiger partial charge on any atom is -0.492 e. The summed E-state index contributed by atoms with van der Waals surface area (Å²) >= 11 is 5.29. The van der Waals surface area contributed by atoms with Crippen molar-refractivity contribution < 1.29 is 13.9 Å². The Bertz CT molecular complexity index is 344. The molecule has 5 heteroatoms. The second-order valence-electron chi connectivity index (χ2n) is 2.50. The van der Waals surface area contributed by atoms with Gasteiger partial charge in [0.25, 0.3) is 0 Å². The van der Waals surface area contributed by atoms with Crippen molar-refractivity contribution in [1.29, 1.82) is 0 Å². The van der Waals surface area contributed by atoms with E-state index in [0.29, 0.717) is 0 Å². The van der Waals surface area contributed by atoms with Crippen LogP contribution in [0, 0.1) is 5.82 Å². The molecule has 14 heavy (non-hydrogen) atoms. The Kier molecular flexibility index (Phi) is 3.71. The molecule has 0 aliphatic heterocycles. The number of hydrogen-bond acceptors (Lipinski definition) is 2. The summed E-state index contributed by atoms with van der Waals surface area (Å²) in [5.74, 6) is -1.11. The molecule has 0 radical (unpaired) electrons. The van der Waals surface area contributed by atoms with Crippen LogP contribution in [0.4, 0.5) is 10.1 Å². The number of carbonyl (C=O) groups is 1. The molecule has 0 saturated heterocycles. The Morgan fingerprint density at radius 3 is 2.93 bits per heavy atom. The first-order valence-corrected chi connectivity index (χ1v) is 4.40. The van der Waals surface area contributed by atoms with E-state index in [1.807, 2.05) is 0 Å². The van der Waals surface area contributed by atoms with Crippen LogP contribution in [0.25, 0.3) is 0 Å². The van der Waals surface area contributed by atoms with Gasteiger partial charge < -0.3 is 10.1 Å². The summed E-state index contributed by atoms with van der Waals surface area (Å²) in [5.41, 5.74) is 0.276. The molecule has 0 saturated carbocycles. The summed E-state index contributed by atoms with van der Waals surface area (Å²) in [6.07, 6.45) is 0. The number of halogens is 2. The van der Waals surface area contributed by atoms with Crippen LogP contribution >= 0.6 is 11.6 Å². The summed E-state index contributed by atoms with van der Waals surface area (Å²) in [6.45, 7) is 0. The molecule has 1 N–H and O–H groups in total. The van der Waals surface area contributed by atoms with E-state index >= 15 is 0 Å². The molecule has 0 fully saturated rings. The van der Waals surface area contributed by atoms with Gasteiger partial charge in [-0.15, -0.1) is 11.6 Å². The predicted molar refractivity (Wildman–Crippen MR) is 52.3 cm³/mol. The molecule has 0 aromatic heterocycles. The molecule has 0 atom stereocenters. The zero-order valence-electron chi connectivity index (χ0n) is 7.51. The van der Waals surface area contributed by atoms with Crippen molar-refractivity contribution in [2.24, 2.45) is 0 Å². The maximum atomic E-state index is 13.1. The fourth-order valence-electron chi connectivity index (χ4n) is 0.998. The highest BCUT2D eigenvalue weighted by Gasteiger charge is 2.10. The van der Waals surface area contributed by atoms with Crippen LogP contribution in [0.5, 0.6) is 5.75 Å². The Morgan fingerprint density at radius 2 is 2.36 bits per heavy atom. The van der Waals surface area contributed by atoms with Gasteiger partial charge >= 0.3 is 0 Å². The lowest BCUT2D eigenvalue weighted by Gasteiger charge is -2.09. The molecule has 76 valence electrons. The zero-order chi connectivity index (χ0) is 10.6. The lowest BCUT2D eigenvalue weighted by molar-refractivity contribution is -0.113. The largest absolute Gasteiger partial charge is 0.492 e. The standard InChI is InChI=1S/C9H9ClFNO2/c1-14-9-6(11)3-2-4-7(9)12-8(13)5-10/h2-4H,5H2,1H3,(H,12,13). The van der Waals surface area contributed by atoms with Gasteiger partial charge in [0.15, 0.2) is 11.6 Å². The molecule has 0 heterocycles. The van der Waals surface area contributed by atoms with E-state index in [0.717, 1.165) is 0 Å². The maximum absolute atomic E-state index is 13.1. The molecule has 0 bridgehead atoms. The number of nitrogens with one attached hydrogen (secondary N) is 1. The van der Waals surface area contributed by atoms with Gasteiger partial charge in [0.2, 0.25) is 5.91 Å². The van der Waals surface area contributed by atoms with Gasteiger partial charge in [0.1, 0.15) is 5.88 Å². The molecule has 1 aromatic carbocycles. The smallest absolute Gasteiger partial charge is 0.239 e. The Balaban J connectivity index is 2.96. The van der Waals surface area contributed by atoms with Gasteiger partial charge in [-0.2, -0.15) is 0 Å². The van der Waals surface area contributed by atoms with Crippen LogP contribution < -0.4 is 10.1 Å². The molecule has 0 aliphatic carbocycles. The van der Waals surface area contributed by atoms with Crippen LogP contribution in [0.3, 0.4) is 0 Å². The molecular weight excluding hydrogens is 209 g/mol. The molecule has 3 nitrogen and oxygen atoms in total. The first-order valence-electron chi connectivity index (χ1n) is 3.87. The second-order valence-corrected chi connectivity index (χ2v) is 2.77. The van der Waals surface area contributed by atoms with Crippen molar-refractivity contribution in [3.05, 3.63) is 24.0 Å². The molecule has 0 spiro atoms. The molecular formula is C9H9ClFNO2. The van der Waals surface area contributed by atoms with E-state index in [9.17, 15) is 9.18 Å². The minimum absolute atomic E-state index is 0.00552. The summed E-state index contributed by atoms with van der Waals surface area (Å²) in [4.78, 5) is 10.9. The second kappa shape index (κ2) is 4.81. The molecule has 1 rings (SSSR count). The van der Waals surface area contributed by atoms with Gasteiger partial charge in [0, 0.05) is 0 Å². The van der Waals surface area contributed by atoms with E-state index in [-0.39, 0.29) is 17.3 Å². The molecule has 0 unspecified atom stereocenters. The minimum atomic E-state index is -0.528. The fourth-order valence-corrected chi connectivity index (χ4v) is 1.07. The normalized spacial score (nSPS) is 9.64. The summed E-state index contributed by atoms with van der Waals surface area (Å²) in [5, 5.41) is 2.42. The van der Waals surface area contributed by atoms with Gasteiger partial charge in [-0.3, -0.25) is 4.79 Å². The lowest BCUT2D eigenvalue weighted by Crippen LogP contribution is -2.13. The van der Waals surface area contributed by atoms with Gasteiger partial charge in [-0.25, -0.2) is 4.39 Å². The van der Waals surface area contributed by atoms with Crippen LogP contribution in [0.15, 0.2) is 18.2 Å². The highest BCUT2D eigenvalue weighted by atomic mass is 35.5. The van der Waals surface area contributed by atoms with Crippen LogP contribution in [-0.4, -0.2) is 18.9 Å². The van der Waals surface area contributed by atoms with E-state index < -0.39 is 11.7 Å². The zero-order valence-corrected chi connectivity index (χ0v) is 8.27. The van der Waals surface area contributed by atoms with Crippen LogP contribution in [0.2, 0.25) is 0 Å². The fraction of sp³-hybridized carbons (Fsp3) is 0.222. The summed E-state index contributed by atoms with van der Waals surface area (Å²) < 4.78 is 17.9. The van der Waals surface area contributed by atoms with Crippen molar-refractivity contribution in [3.63, 3.8) is 0 Å². The lowest BCUT2D eigenvalue weighted by atomic mass is 10.3. The summed E-state index contributed by atoms with van der Waals surface area (Å²) in [7, 11) is 1.33. The highest BCUT2D eigenvalue weighted by Crippen LogP contribution is 2.26. The average Bonchev–Trinajstić information content (AvgIpc) is 2.18. The number of rotatable bonds is 3. The number of amides is 1. The number of ether oxygens (including phenoxy) is 1. The Labute approximate surface area is 85.8 Å². The third kappa shape index (κ3) is 2.35. The predicted octanol–water partition coefficient (Wildman–Crippen LogP) is 2.01. The monoisotopic (exact) mass is 217 g/mol. The van der Waals surface area contributed by atoms with Gasteiger partial charge in [0.05, 0.1) is 12.8 Å². The van der Waals surface area contributed by atoms with Crippen molar-refractivity contribution in [1.82, 2.24) is 0 Å². The van der Waals surface area contributed by atoms with Crippen molar-refractivity contribution in [3.8, 4) is 5.75 Å². The third-order valence-corrected chi connectivity index (χ3v) is 1.81. The number of hydrogen-bond donors (Lipinski definition) is 1. The Hall–Kier alpha value is -1.29. The van der Waals surface area contributed by atoms with Gasteiger partial charge in [-0.05, 0) is 12.1 Å². The van der Waals surface area contributed by atoms with Crippen molar-refractivity contribution in [2.75, 3.05) is 18.3 Å². The first kappa shape index (κ1) is 10.8. The average molecular weight is 218 g/mol. The Morgan fingerprint density at radius 1 is 1.64 bits per heavy atom. The van der Waals surface area contributed by atoms with E-state index in [1.54, 1.807) is 0 Å². The van der Waals surface area contributed by atoms with Crippen LogP contribution in [-0.2, 0) is 4.79 Å². The van der Waals surface area contributed by atoms with Crippen molar-refractivity contribution in [2.45, 2.75) is 0 Å². The topological polar surface area (TPSA) is 38.3 Å². The number of carbonyl (C=O) groups excluding carboxylic acids is 1. The number of anilines is 1.